The first-order valence-corrected chi connectivity index (χ1v) is 5.28. The molecular weight excluding hydrogens is 289 g/mol. The Morgan fingerprint density at radius 1 is 1.25 bits per heavy atom. The van der Waals surface area contributed by atoms with E-state index in [1.54, 1.807) is 20.8 Å². The number of hydrogen-bond donors (Lipinski definition) is 0. The van der Waals surface area contributed by atoms with Crippen LogP contribution in [0.4, 0.5) is 13.2 Å². The number of aromatic nitrogens is 2. The van der Waals surface area contributed by atoms with E-state index in [2.05, 4.69) is 21.0 Å². The second-order valence-corrected chi connectivity index (χ2v) is 5.00. The summed E-state index contributed by atoms with van der Waals surface area (Å²) in [5, 5.41) is 3.54. The molecule has 1 heterocycles. The summed E-state index contributed by atoms with van der Waals surface area (Å²) in [6.45, 7) is 5.26. The maximum absolute atomic E-state index is 12.6. The van der Waals surface area contributed by atoms with Gasteiger partial charge in [-0.05, 0) is 36.7 Å². The number of alkyl halides is 3. The molecule has 1 rings (SSSR count). The summed E-state index contributed by atoms with van der Waals surface area (Å²) in [6.07, 6.45) is -4.52. The second-order valence-electron chi connectivity index (χ2n) is 4.25. The van der Waals surface area contributed by atoms with Gasteiger partial charge in [-0.15, -0.1) is 0 Å². The van der Waals surface area contributed by atoms with Crippen molar-refractivity contribution in [3.8, 4) is 5.75 Å². The molecule has 1 aromatic rings. The number of rotatable bonds is 1. The Balaban J connectivity index is 3.44. The Bertz CT molecular complexity index is 393. The Hall–Kier alpha value is -0.720. The van der Waals surface area contributed by atoms with Crippen LogP contribution in [-0.2, 0) is 11.7 Å². The molecule has 0 radical (unpaired) electrons. The zero-order valence-electron chi connectivity index (χ0n) is 9.31. The van der Waals surface area contributed by atoms with Crippen molar-refractivity contribution in [2.45, 2.75) is 32.5 Å². The summed E-state index contributed by atoms with van der Waals surface area (Å²) >= 11 is 3.07. The van der Waals surface area contributed by atoms with Gasteiger partial charge in [-0.25, -0.2) is 4.68 Å². The highest BCUT2D eigenvalue weighted by molar-refractivity contribution is 9.10. The molecule has 3 nitrogen and oxygen atoms in total. The molecule has 0 N–H and O–H groups in total. The van der Waals surface area contributed by atoms with Crippen LogP contribution in [0.1, 0.15) is 26.5 Å². The monoisotopic (exact) mass is 300 g/mol. The predicted octanol–water partition coefficient (Wildman–Crippen LogP) is 3.43. The molecule has 16 heavy (non-hydrogen) atoms. The van der Waals surface area contributed by atoms with Crippen molar-refractivity contribution in [1.82, 2.24) is 9.78 Å². The van der Waals surface area contributed by atoms with E-state index in [9.17, 15) is 13.2 Å². The Kier molecular flexibility index (Phi) is 3.29. The molecule has 0 unspecified atom stereocenters. The minimum atomic E-state index is -4.52. The van der Waals surface area contributed by atoms with Crippen molar-refractivity contribution in [2.75, 3.05) is 7.11 Å². The summed E-state index contributed by atoms with van der Waals surface area (Å²) in [4.78, 5) is 0. The number of nitrogens with zero attached hydrogens (tertiary/aromatic N) is 2. The van der Waals surface area contributed by atoms with Crippen LogP contribution in [0.2, 0.25) is 0 Å². The third-order valence-electron chi connectivity index (χ3n) is 1.90. The molecule has 0 bridgehead atoms. The van der Waals surface area contributed by atoms with Crippen LogP contribution in [0.5, 0.6) is 5.75 Å². The van der Waals surface area contributed by atoms with Crippen LogP contribution < -0.4 is 4.74 Å². The van der Waals surface area contributed by atoms with Crippen molar-refractivity contribution in [1.29, 1.82) is 0 Å². The second kappa shape index (κ2) is 3.94. The molecule has 0 fully saturated rings. The Labute approximate surface area is 99.7 Å². The lowest BCUT2D eigenvalue weighted by atomic mass is 10.1. The van der Waals surface area contributed by atoms with Crippen LogP contribution >= 0.6 is 15.9 Å². The first-order valence-electron chi connectivity index (χ1n) is 4.49. The summed E-state index contributed by atoms with van der Waals surface area (Å²) < 4.78 is 44.1. The molecule has 0 aliphatic carbocycles. The molecule has 0 saturated carbocycles. The third kappa shape index (κ3) is 2.34. The molecular formula is C9H12BrF3N2O. The molecule has 92 valence electrons. The third-order valence-corrected chi connectivity index (χ3v) is 2.59. The van der Waals surface area contributed by atoms with Gasteiger partial charge in [0.1, 0.15) is 4.60 Å². The highest BCUT2D eigenvalue weighted by Crippen LogP contribution is 2.41. The van der Waals surface area contributed by atoms with Gasteiger partial charge in [0.15, 0.2) is 5.75 Å². The van der Waals surface area contributed by atoms with E-state index >= 15 is 0 Å². The largest absolute Gasteiger partial charge is 0.492 e. The Morgan fingerprint density at radius 2 is 1.75 bits per heavy atom. The molecule has 0 spiro atoms. The van der Waals surface area contributed by atoms with Gasteiger partial charge in [-0.3, -0.25) is 0 Å². The first-order chi connectivity index (χ1) is 7.09. The van der Waals surface area contributed by atoms with E-state index in [0.29, 0.717) is 0 Å². The lowest BCUT2D eigenvalue weighted by molar-refractivity contribution is -0.142. The SMILES string of the molecule is COc1c(C(F)(F)F)nn(C(C)(C)C)c1Br. The highest BCUT2D eigenvalue weighted by Gasteiger charge is 2.41. The van der Waals surface area contributed by atoms with E-state index in [1.165, 1.54) is 11.8 Å². The van der Waals surface area contributed by atoms with E-state index < -0.39 is 17.4 Å². The standard InChI is InChI=1S/C9H12BrF3N2O/c1-8(2,3)15-7(10)5(16-4)6(14-15)9(11,12)13/h1-4H3. The van der Waals surface area contributed by atoms with Gasteiger partial charge in [0.2, 0.25) is 5.69 Å². The fourth-order valence-electron chi connectivity index (χ4n) is 1.19. The van der Waals surface area contributed by atoms with Gasteiger partial charge in [0.25, 0.3) is 0 Å². The summed E-state index contributed by atoms with van der Waals surface area (Å²) in [5.74, 6) is -0.289. The lowest BCUT2D eigenvalue weighted by Gasteiger charge is -2.20. The van der Waals surface area contributed by atoms with E-state index in [-0.39, 0.29) is 10.4 Å². The molecule has 0 saturated heterocycles. The van der Waals surface area contributed by atoms with Crippen molar-refractivity contribution in [3.05, 3.63) is 10.3 Å². The summed E-state index contributed by atoms with van der Waals surface area (Å²) in [6, 6.07) is 0. The zero-order valence-corrected chi connectivity index (χ0v) is 10.9. The van der Waals surface area contributed by atoms with Crippen molar-refractivity contribution in [2.24, 2.45) is 0 Å². The lowest BCUT2D eigenvalue weighted by Crippen LogP contribution is -2.24. The number of ether oxygens (including phenoxy) is 1. The van der Waals surface area contributed by atoms with Gasteiger partial charge in [0.05, 0.1) is 12.6 Å². The highest BCUT2D eigenvalue weighted by atomic mass is 79.9. The van der Waals surface area contributed by atoms with Crippen LogP contribution in [0.3, 0.4) is 0 Å². The predicted molar refractivity (Wildman–Crippen MR) is 56.5 cm³/mol. The molecule has 1 aromatic heterocycles. The van der Waals surface area contributed by atoms with Gasteiger partial charge in [-0.1, -0.05) is 0 Å². The quantitative estimate of drug-likeness (QED) is 0.794. The van der Waals surface area contributed by atoms with E-state index in [1.807, 2.05) is 0 Å². The normalized spacial score (nSPS) is 13.0. The van der Waals surface area contributed by atoms with Gasteiger partial charge in [-0.2, -0.15) is 18.3 Å². The van der Waals surface area contributed by atoms with Crippen molar-refractivity contribution in [3.63, 3.8) is 0 Å². The first kappa shape index (κ1) is 13.3. The minimum absolute atomic E-state index is 0.190. The topological polar surface area (TPSA) is 27.1 Å². The van der Waals surface area contributed by atoms with E-state index in [0.717, 1.165) is 0 Å². The van der Waals surface area contributed by atoms with Crippen LogP contribution in [0.15, 0.2) is 4.60 Å². The van der Waals surface area contributed by atoms with Gasteiger partial charge < -0.3 is 4.74 Å². The van der Waals surface area contributed by atoms with Crippen LogP contribution in [0.25, 0.3) is 0 Å². The summed E-state index contributed by atoms with van der Waals surface area (Å²) in [7, 11) is 1.18. The zero-order chi connectivity index (χ0) is 12.7. The van der Waals surface area contributed by atoms with Gasteiger partial charge >= 0.3 is 6.18 Å². The van der Waals surface area contributed by atoms with Crippen molar-refractivity contribution < 1.29 is 17.9 Å². The molecule has 0 amide bonds. The molecule has 0 atom stereocenters. The average molecular weight is 301 g/mol. The van der Waals surface area contributed by atoms with Crippen LogP contribution in [0, 0.1) is 0 Å². The van der Waals surface area contributed by atoms with E-state index in [4.69, 9.17) is 4.74 Å². The maximum Gasteiger partial charge on any atom is 0.438 e. The fraction of sp³-hybridized carbons (Fsp3) is 0.667. The van der Waals surface area contributed by atoms with Crippen molar-refractivity contribution >= 4 is 15.9 Å². The maximum atomic E-state index is 12.6. The smallest absolute Gasteiger partial charge is 0.438 e. The molecule has 0 aliphatic rings. The molecule has 7 heteroatoms. The Morgan fingerprint density at radius 3 is 2.00 bits per heavy atom. The number of hydrogen-bond acceptors (Lipinski definition) is 2. The fourth-order valence-corrected chi connectivity index (χ4v) is 2.15. The number of methoxy groups -OCH3 is 1. The summed E-state index contributed by atoms with van der Waals surface area (Å²) in [5.41, 5.74) is -1.58. The molecule has 0 aliphatic heterocycles. The minimum Gasteiger partial charge on any atom is -0.492 e. The van der Waals surface area contributed by atoms with Gasteiger partial charge in [0, 0.05) is 0 Å². The number of halogens is 4. The van der Waals surface area contributed by atoms with Crippen LogP contribution in [-0.4, -0.2) is 16.9 Å². The average Bonchev–Trinajstić information content (AvgIpc) is 2.40. The molecule has 0 aromatic carbocycles.